The van der Waals surface area contributed by atoms with Crippen LogP contribution in [-0.2, 0) is 17.9 Å². The van der Waals surface area contributed by atoms with Crippen molar-refractivity contribution in [3.63, 3.8) is 0 Å². The maximum absolute atomic E-state index is 13.2. The zero-order valence-corrected chi connectivity index (χ0v) is 19.7. The number of carbonyl (C=O) groups is 1. The molecule has 2 saturated heterocycles. The van der Waals surface area contributed by atoms with Gasteiger partial charge in [0.1, 0.15) is 5.75 Å². The number of piperidine rings is 1. The van der Waals surface area contributed by atoms with Crippen molar-refractivity contribution in [2.75, 3.05) is 19.6 Å². The molecule has 1 atom stereocenters. The predicted octanol–water partition coefficient (Wildman–Crippen LogP) is 4.22. The fourth-order valence-electron chi connectivity index (χ4n) is 4.70. The molecule has 5 nitrogen and oxygen atoms in total. The molecule has 2 fully saturated rings. The molecule has 32 heavy (non-hydrogen) atoms. The number of rotatable bonds is 8. The van der Waals surface area contributed by atoms with Crippen molar-refractivity contribution in [1.82, 2.24) is 15.1 Å². The maximum Gasteiger partial charge on any atom is 0.240 e. The highest BCUT2D eigenvalue weighted by Crippen LogP contribution is 2.33. The Kier molecular flexibility index (Phi) is 7.17. The Hall–Kier alpha value is -2.37. The van der Waals surface area contributed by atoms with Crippen molar-refractivity contribution >= 4 is 5.91 Å². The second-order valence-electron chi connectivity index (χ2n) is 9.77. The lowest BCUT2D eigenvalue weighted by atomic mass is 9.84. The van der Waals surface area contributed by atoms with Crippen LogP contribution < -0.4 is 10.1 Å². The summed E-state index contributed by atoms with van der Waals surface area (Å²) in [5.74, 6) is 1.08. The number of nitrogens with zero attached hydrogens (tertiary/aromatic N) is 2. The van der Waals surface area contributed by atoms with Crippen LogP contribution in [0, 0.1) is 0 Å². The minimum absolute atomic E-state index is 0.174. The van der Waals surface area contributed by atoms with Gasteiger partial charge in [0.15, 0.2) is 0 Å². The summed E-state index contributed by atoms with van der Waals surface area (Å²) >= 11 is 0. The maximum atomic E-state index is 13.2. The van der Waals surface area contributed by atoms with Gasteiger partial charge in [0.25, 0.3) is 0 Å². The molecule has 0 spiro atoms. The highest BCUT2D eigenvalue weighted by molar-refractivity contribution is 5.87. The van der Waals surface area contributed by atoms with Crippen molar-refractivity contribution in [3.05, 3.63) is 65.7 Å². The van der Waals surface area contributed by atoms with Crippen LogP contribution in [0.25, 0.3) is 0 Å². The van der Waals surface area contributed by atoms with Gasteiger partial charge in [-0.05, 0) is 63.3 Å². The molecular weight excluding hydrogens is 398 g/mol. The fourth-order valence-corrected chi connectivity index (χ4v) is 4.70. The van der Waals surface area contributed by atoms with Gasteiger partial charge in [0, 0.05) is 38.8 Å². The largest absolute Gasteiger partial charge is 0.491 e. The molecule has 4 rings (SSSR count). The van der Waals surface area contributed by atoms with Crippen LogP contribution in [0.5, 0.6) is 5.75 Å². The first kappa shape index (κ1) is 22.8. The van der Waals surface area contributed by atoms with Gasteiger partial charge in [0.05, 0.1) is 11.6 Å². The van der Waals surface area contributed by atoms with E-state index >= 15 is 0 Å². The molecule has 172 valence electrons. The van der Waals surface area contributed by atoms with Crippen LogP contribution in [0.1, 0.15) is 51.2 Å². The summed E-state index contributed by atoms with van der Waals surface area (Å²) in [5, 5.41) is 3.36. The Morgan fingerprint density at radius 1 is 1.00 bits per heavy atom. The minimum Gasteiger partial charge on any atom is -0.491 e. The third-order valence-corrected chi connectivity index (χ3v) is 6.90. The first-order valence-corrected chi connectivity index (χ1v) is 12.0. The molecule has 1 unspecified atom stereocenters. The molecule has 0 saturated carbocycles. The molecule has 0 aliphatic carbocycles. The van der Waals surface area contributed by atoms with Crippen LogP contribution in [0.4, 0.5) is 0 Å². The topological polar surface area (TPSA) is 44.8 Å². The molecular formula is C27H37N3O2. The van der Waals surface area contributed by atoms with Gasteiger partial charge in [-0.2, -0.15) is 0 Å². The lowest BCUT2D eigenvalue weighted by molar-refractivity contribution is -0.143. The second kappa shape index (κ2) is 10.1. The average molecular weight is 436 g/mol. The Labute approximate surface area is 192 Å². The summed E-state index contributed by atoms with van der Waals surface area (Å²) in [7, 11) is 0. The number of amides is 1. The van der Waals surface area contributed by atoms with Crippen LogP contribution in [0.2, 0.25) is 0 Å². The fraction of sp³-hybridized carbons (Fsp3) is 0.519. The lowest BCUT2D eigenvalue weighted by Crippen LogP contribution is -2.66. The third kappa shape index (κ3) is 5.51. The Bertz CT molecular complexity index is 876. The van der Waals surface area contributed by atoms with E-state index in [9.17, 15) is 4.79 Å². The SMILES string of the molecule is CC(C)Oc1ccc(CN2CCC2(C)C(=O)NC2CCN(Cc3ccccc3)CC2)cc1. The van der Waals surface area contributed by atoms with Crippen molar-refractivity contribution in [2.45, 2.75) is 70.8 Å². The van der Waals surface area contributed by atoms with Crippen LogP contribution in [-0.4, -0.2) is 53.0 Å². The van der Waals surface area contributed by atoms with Gasteiger partial charge in [0.2, 0.25) is 5.91 Å². The molecule has 2 aliphatic heterocycles. The van der Waals surface area contributed by atoms with E-state index in [4.69, 9.17) is 4.74 Å². The minimum atomic E-state index is -0.408. The number of hydrogen-bond acceptors (Lipinski definition) is 4. The highest BCUT2D eigenvalue weighted by atomic mass is 16.5. The summed E-state index contributed by atoms with van der Waals surface area (Å²) < 4.78 is 5.74. The van der Waals surface area contributed by atoms with E-state index in [-0.39, 0.29) is 18.1 Å². The van der Waals surface area contributed by atoms with Crippen LogP contribution >= 0.6 is 0 Å². The highest BCUT2D eigenvalue weighted by Gasteiger charge is 2.47. The molecule has 0 bridgehead atoms. The van der Waals surface area contributed by atoms with Gasteiger partial charge in [-0.15, -0.1) is 0 Å². The molecule has 2 heterocycles. The molecule has 1 N–H and O–H groups in total. The first-order chi connectivity index (χ1) is 15.4. The number of ether oxygens (including phenoxy) is 1. The summed E-state index contributed by atoms with van der Waals surface area (Å²) in [6.45, 7) is 11.0. The van der Waals surface area contributed by atoms with Crippen molar-refractivity contribution in [1.29, 1.82) is 0 Å². The van der Waals surface area contributed by atoms with Crippen molar-refractivity contribution in [2.24, 2.45) is 0 Å². The van der Waals surface area contributed by atoms with Gasteiger partial charge >= 0.3 is 0 Å². The van der Waals surface area contributed by atoms with Crippen molar-refractivity contribution in [3.8, 4) is 5.75 Å². The van der Waals surface area contributed by atoms with Gasteiger partial charge in [-0.25, -0.2) is 0 Å². The van der Waals surface area contributed by atoms with E-state index in [1.807, 2.05) is 26.0 Å². The Morgan fingerprint density at radius 2 is 1.66 bits per heavy atom. The van der Waals surface area contributed by atoms with Crippen molar-refractivity contribution < 1.29 is 9.53 Å². The van der Waals surface area contributed by atoms with E-state index in [0.717, 1.165) is 57.7 Å². The number of benzene rings is 2. The number of nitrogens with one attached hydrogen (secondary N) is 1. The standard InChI is InChI=1S/C27H37N3O2/c1-21(2)32-25-11-9-23(10-12-25)20-30-18-15-27(30,3)26(31)28-24-13-16-29(17-14-24)19-22-7-5-4-6-8-22/h4-12,21,24H,13-20H2,1-3H3,(H,28,31). The predicted molar refractivity (Wildman–Crippen MR) is 129 cm³/mol. The van der Waals surface area contributed by atoms with Crippen LogP contribution in [0.3, 0.4) is 0 Å². The van der Waals surface area contributed by atoms with Gasteiger partial charge in [-0.3, -0.25) is 14.6 Å². The molecule has 5 heteroatoms. The molecule has 0 radical (unpaired) electrons. The van der Waals surface area contributed by atoms with E-state index in [0.29, 0.717) is 0 Å². The van der Waals surface area contributed by atoms with E-state index < -0.39 is 5.54 Å². The van der Waals surface area contributed by atoms with Gasteiger partial charge < -0.3 is 10.1 Å². The zero-order chi connectivity index (χ0) is 22.6. The average Bonchev–Trinajstić information content (AvgIpc) is 2.79. The number of carbonyl (C=O) groups excluding carboxylic acids is 1. The summed E-state index contributed by atoms with van der Waals surface area (Å²) in [6.07, 6.45) is 3.13. The summed E-state index contributed by atoms with van der Waals surface area (Å²) in [5.41, 5.74) is 2.17. The third-order valence-electron chi connectivity index (χ3n) is 6.90. The smallest absolute Gasteiger partial charge is 0.240 e. The molecule has 2 aromatic rings. The Balaban J connectivity index is 1.25. The number of likely N-dealkylation sites (tertiary alicyclic amines) is 2. The molecule has 2 aromatic carbocycles. The molecule has 1 amide bonds. The molecule has 2 aliphatic rings. The summed E-state index contributed by atoms with van der Waals surface area (Å²) in [4.78, 5) is 18.0. The molecule has 0 aromatic heterocycles. The number of hydrogen-bond donors (Lipinski definition) is 1. The van der Waals surface area contributed by atoms with E-state index in [2.05, 4.69) is 64.5 Å². The van der Waals surface area contributed by atoms with Gasteiger partial charge in [-0.1, -0.05) is 42.5 Å². The Morgan fingerprint density at radius 3 is 2.25 bits per heavy atom. The summed E-state index contributed by atoms with van der Waals surface area (Å²) in [6, 6.07) is 19.2. The van der Waals surface area contributed by atoms with Crippen LogP contribution in [0.15, 0.2) is 54.6 Å². The van der Waals surface area contributed by atoms with E-state index in [1.54, 1.807) is 0 Å². The normalized spacial score (nSPS) is 22.5. The monoisotopic (exact) mass is 435 g/mol. The second-order valence-corrected chi connectivity index (χ2v) is 9.77. The first-order valence-electron chi connectivity index (χ1n) is 12.0. The lowest BCUT2D eigenvalue weighted by Gasteiger charge is -2.50. The quantitative estimate of drug-likeness (QED) is 0.674. The van der Waals surface area contributed by atoms with E-state index in [1.165, 1.54) is 11.1 Å². The zero-order valence-electron chi connectivity index (χ0n) is 19.7.